The van der Waals surface area contributed by atoms with Crippen molar-refractivity contribution in [3.63, 3.8) is 0 Å². The predicted molar refractivity (Wildman–Crippen MR) is 95.6 cm³/mol. The van der Waals surface area contributed by atoms with Gasteiger partial charge in [-0.15, -0.1) is 0 Å². The standard InChI is InChI=1S/C18H30FN3O2/c1-5-20-18(22-10-16(23)12-24-11-13(2)3)21-9-15-6-7-17(19)14(4)8-15/h6-8,13,16,23H,5,9-12H2,1-4H3,(H2,20,21,22). The molecule has 0 aromatic heterocycles. The molecule has 6 heteroatoms. The Balaban J connectivity index is 2.48. The topological polar surface area (TPSA) is 65.9 Å². The smallest absolute Gasteiger partial charge is 0.191 e. The maximum atomic E-state index is 13.3. The van der Waals surface area contributed by atoms with Gasteiger partial charge in [0.05, 0.1) is 19.3 Å². The molecule has 24 heavy (non-hydrogen) atoms. The van der Waals surface area contributed by atoms with Gasteiger partial charge in [0.25, 0.3) is 0 Å². The van der Waals surface area contributed by atoms with E-state index in [9.17, 15) is 9.50 Å². The van der Waals surface area contributed by atoms with Crippen molar-refractivity contribution in [1.82, 2.24) is 10.6 Å². The molecular formula is C18H30FN3O2. The zero-order valence-electron chi connectivity index (χ0n) is 15.1. The van der Waals surface area contributed by atoms with E-state index < -0.39 is 6.10 Å². The van der Waals surface area contributed by atoms with Gasteiger partial charge in [-0.25, -0.2) is 9.38 Å². The van der Waals surface area contributed by atoms with Crippen LogP contribution in [0.1, 0.15) is 31.9 Å². The van der Waals surface area contributed by atoms with Crippen LogP contribution in [0.25, 0.3) is 0 Å². The largest absolute Gasteiger partial charge is 0.389 e. The van der Waals surface area contributed by atoms with Crippen LogP contribution < -0.4 is 10.6 Å². The number of nitrogens with zero attached hydrogens (tertiary/aromatic N) is 1. The first-order valence-electron chi connectivity index (χ1n) is 8.45. The number of rotatable bonds is 9. The van der Waals surface area contributed by atoms with Crippen molar-refractivity contribution < 1.29 is 14.2 Å². The van der Waals surface area contributed by atoms with Crippen LogP contribution >= 0.6 is 0 Å². The number of aryl methyl sites for hydroxylation is 1. The SMILES string of the molecule is CCNC(=NCc1ccc(F)c(C)c1)NCC(O)COCC(C)C. The molecule has 3 N–H and O–H groups in total. The maximum Gasteiger partial charge on any atom is 0.191 e. The lowest BCUT2D eigenvalue weighted by Crippen LogP contribution is -2.42. The van der Waals surface area contributed by atoms with Gasteiger partial charge in [-0.3, -0.25) is 0 Å². The van der Waals surface area contributed by atoms with Crippen LogP contribution in [0.2, 0.25) is 0 Å². The summed E-state index contributed by atoms with van der Waals surface area (Å²) >= 11 is 0. The van der Waals surface area contributed by atoms with Gasteiger partial charge in [-0.2, -0.15) is 0 Å². The van der Waals surface area contributed by atoms with Crippen molar-refractivity contribution >= 4 is 5.96 Å². The summed E-state index contributed by atoms with van der Waals surface area (Å²) in [6.45, 7) is 10.3. The Kier molecular flexibility index (Phi) is 9.34. The Morgan fingerprint density at radius 3 is 2.67 bits per heavy atom. The third-order valence-electron chi connectivity index (χ3n) is 3.25. The van der Waals surface area contributed by atoms with Crippen LogP contribution in [0.15, 0.2) is 23.2 Å². The van der Waals surface area contributed by atoms with Gasteiger partial charge < -0.3 is 20.5 Å². The first kappa shape index (κ1) is 20.4. The summed E-state index contributed by atoms with van der Waals surface area (Å²) in [4.78, 5) is 4.46. The van der Waals surface area contributed by atoms with Crippen molar-refractivity contribution in [3.8, 4) is 0 Å². The van der Waals surface area contributed by atoms with E-state index in [0.29, 0.717) is 50.3 Å². The molecule has 0 aliphatic rings. The Hall–Kier alpha value is -1.66. The number of benzene rings is 1. The zero-order chi connectivity index (χ0) is 17.9. The quantitative estimate of drug-likeness (QED) is 0.477. The molecule has 1 rings (SSSR count). The summed E-state index contributed by atoms with van der Waals surface area (Å²) in [7, 11) is 0. The Morgan fingerprint density at radius 2 is 2.04 bits per heavy atom. The van der Waals surface area contributed by atoms with Crippen LogP contribution in [0.3, 0.4) is 0 Å². The molecule has 1 atom stereocenters. The molecule has 0 heterocycles. The first-order chi connectivity index (χ1) is 11.4. The molecule has 0 bridgehead atoms. The number of aliphatic hydroxyl groups is 1. The lowest BCUT2D eigenvalue weighted by atomic mass is 10.1. The molecule has 0 fully saturated rings. The van der Waals surface area contributed by atoms with Gasteiger partial charge >= 0.3 is 0 Å². The number of guanidine groups is 1. The third-order valence-corrected chi connectivity index (χ3v) is 3.25. The Morgan fingerprint density at radius 1 is 1.29 bits per heavy atom. The van der Waals surface area contributed by atoms with Gasteiger partial charge in [0, 0.05) is 19.7 Å². The lowest BCUT2D eigenvalue weighted by Gasteiger charge is -2.16. The molecule has 0 radical (unpaired) electrons. The van der Waals surface area contributed by atoms with E-state index in [2.05, 4.69) is 29.5 Å². The van der Waals surface area contributed by atoms with Crippen molar-refractivity contribution in [1.29, 1.82) is 0 Å². The minimum atomic E-state index is -0.597. The van der Waals surface area contributed by atoms with Crippen molar-refractivity contribution in [2.45, 2.75) is 40.3 Å². The molecule has 1 aromatic rings. The number of hydrogen-bond acceptors (Lipinski definition) is 3. The number of nitrogens with one attached hydrogen (secondary N) is 2. The second-order valence-corrected chi connectivity index (χ2v) is 6.24. The Labute approximate surface area is 144 Å². The maximum absolute atomic E-state index is 13.3. The van der Waals surface area contributed by atoms with Gasteiger partial charge in [0.15, 0.2) is 5.96 Å². The molecule has 136 valence electrons. The molecule has 1 unspecified atom stereocenters. The van der Waals surface area contributed by atoms with Crippen LogP contribution in [-0.4, -0.2) is 43.5 Å². The van der Waals surface area contributed by atoms with E-state index in [-0.39, 0.29) is 5.82 Å². The zero-order valence-corrected chi connectivity index (χ0v) is 15.1. The normalized spacial score (nSPS) is 13.2. The number of aliphatic imine (C=N–C) groups is 1. The summed E-state index contributed by atoms with van der Waals surface area (Å²) in [5.74, 6) is 0.850. The second-order valence-electron chi connectivity index (χ2n) is 6.24. The molecule has 0 aliphatic carbocycles. The van der Waals surface area contributed by atoms with Gasteiger partial charge in [-0.05, 0) is 37.0 Å². The average molecular weight is 339 g/mol. The van der Waals surface area contributed by atoms with Gasteiger partial charge in [0.2, 0.25) is 0 Å². The monoisotopic (exact) mass is 339 g/mol. The summed E-state index contributed by atoms with van der Waals surface area (Å²) < 4.78 is 18.7. The number of halogens is 1. The number of hydrogen-bond donors (Lipinski definition) is 3. The number of ether oxygens (including phenoxy) is 1. The third kappa shape index (κ3) is 8.26. The highest BCUT2D eigenvalue weighted by molar-refractivity contribution is 5.79. The first-order valence-corrected chi connectivity index (χ1v) is 8.45. The number of aliphatic hydroxyl groups excluding tert-OH is 1. The van der Waals surface area contributed by atoms with Gasteiger partial charge in [0.1, 0.15) is 5.82 Å². The Bertz CT molecular complexity index is 521. The average Bonchev–Trinajstić information content (AvgIpc) is 2.53. The fourth-order valence-corrected chi connectivity index (χ4v) is 2.03. The molecule has 0 saturated carbocycles. The summed E-state index contributed by atoms with van der Waals surface area (Å²) in [5.41, 5.74) is 1.55. The molecule has 5 nitrogen and oxygen atoms in total. The van der Waals surface area contributed by atoms with E-state index in [0.717, 1.165) is 5.56 Å². The van der Waals surface area contributed by atoms with E-state index >= 15 is 0 Å². The molecule has 0 spiro atoms. The molecular weight excluding hydrogens is 309 g/mol. The van der Waals surface area contributed by atoms with E-state index in [1.54, 1.807) is 19.1 Å². The van der Waals surface area contributed by atoms with Crippen molar-refractivity contribution in [3.05, 3.63) is 35.1 Å². The lowest BCUT2D eigenvalue weighted by molar-refractivity contribution is 0.0280. The summed E-state index contributed by atoms with van der Waals surface area (Å²) in [6, 6.07) is 4.97. The van der Waals surface area contributed by atoms with E-state index in [4.69, 9.17) is 4.74 Å². The molecule has 0 amide bonds. The van der Waals surface area contributed by atoms with Crippen LogP contribution in [0.5, 0.6) is 0 Å². The highest BCUT2D eigenvalue weighted by atomic mass is 19.1. The summed E-state index contributed by atoms with van der Waals surface area (Å²) in [5, 5.41) is 16.1. The van der Waals surface area contributed by atoms with Crippen LogP contribution in [0, 0.1) is 18.7 Å². The van der Waals surface area contributed by atoms with E-state index in [1.165, 1.54) is 6.07 Å². The summed E-state index contributed by atoms with van der Waals surface area (Å²) in [6.07, 6.45) is -0.597. The van der Waals surface area contributed by atoms with Crippen molar-refractivity contribution in [2.24, 2.45) is 10.9 Å². The minimum Gasteiger partial charge on any atom is -0.389 e. The van der Waals surface area contributed by atoms with Crippen molar-refractivity contribution in [2.75, 3.05) is 26.3 Å². The van der Waals surface area contributed by atoms with Gasteiger partial charge in [-0.1, -0.05) is 26.0 Å². The fourth-order valence-electron chi connectivity index (χ4n) is 2.03. The van der Waals surface area contributed by atoms with Crippen LogP contribution in [-0.2, 0) is 11.3 Å². The molecule has 0 saturated heterocycles. The predicted octanol–water partition coefficient (Wildman–Crippen LogP) is 2.22. The minimum absolute atomic E-state index is 0.211. The molecule has 0 aliphatic heterocycles. The van der Waals surface area contributed by atoms with Crippen LogP contribution in [0.4, 0.5) is 4.39 Å². The highest BCUT2D eigenvalue weighted by Crippen LogP contribution is 2.10. The second kappa shape index (κ2) is 11.0. The fraction of sp³-hybridized carbons (Fsp3) is 0.611. The molecule has 1 aromatic carbocycles. The van der Waals surface area contributed by atoms with E-state index in [1.807, 2.05) is 6.92 Å². The highest BCUT2D eigenvalue weighted by Gasteiger charge is 2.07.